The Kier molecular flexibility index (Phi) is 10.9. The average molecular weight is 523 g/mol. The van der Waals surface area contributed by atoms with Gasteiger partial charge in [-0.15, -0.1) is 34.2 Å². The Balaban J connectivity index is 0.00000280. The number of halogens is 1. The van der Waals surface area contributed by atoms with Crippen molar-refractivity contribution in [2.24, 2.45) is 12.0 Å². The Morgan fingerprint density at radius 1 is 1.29 bits per heavy atom. The molecule has 2 N–H and O–H groups in total. The van der Waals surface area contributed by atoms with Crippen molar-refractivity contribution in [3.63, 3.8) is 0 Å². The maximum atomic E-state index is 5.41. The van der Waals surface area contributed by atoms with E-state index in [1.54, 1.807) is 0 Å². The topological polar surface area (TPSA) is 79.6 Å². The minimum Gasteiger partial charge on any atom is -0.379 e. The maximum Gasteiger partial charge on any atom is 0.191 e. The standard InChI is InChI=1S/C18H33N7OS.HI/c1-15-22-23-17(24(15)2)14-21-18(20-13-16-5-3-12-27-16)19-6-4-7-25-8-10-26-11-9-25;/h16H,3-14H2,1-2H3,(H2,19,20,21);1H. The SMILES string of the molecule is Cc1nnc(CN=C(NCCCN2CCOCC2)NCC2CCCS2)n1C.I. The highest BCUT2D eigenvalue weighted by Crippen LogP contribution is 2.25. The number of thioether (sulfide) groups is 1. The molecule has 0 bridgehead atoms. The average Bonchev–Trinajstić information content (AvgIpc) is 3.32. The normalized spacial score (nSPS) is 20.8. The van der Waals surface area contributed by atoms with Gasteiger partial charge in [-0.3, -0.25) is 4.90 Å². The molecule has 1 aromatic rings. The molecule has 0 saturated carbocycles. The number of hydrogen-bond acceptors (Lipinski definition) is 6. The van der Waals surface area contributed by atoms with Gasteiger partial charge in [0.05, 0.1) is 13.2 Å². The van der Waals surface area contributed by atoms with Crippen molar-refractivity contribution in [3.8, 4) is 0 Å². The van der Waals surface area contributed by atoms with Gasteiger partial charge in [-0.2, -0.15) is 11.8 Å². The summed E-state index contributed by atoms with van der Waals surface area (Å²) in [4.78, 5) is 7.21. The van der Waals surface area contributed by atoms with Crippen LogP contribution >= 0.6 is 35.7 Å². The van der Waals surface area contributed by atoms with Crippen LogP contribution in [-0.2, 0) is 18.3 Å². The van der Waals surface area contributed by atoms with E-state index in [0.717, 1.165) is 70.0 Å². The molecule has 1 aromatic heterocycles. The minimum absolute atomic E-state index is 0. The second-order valence-electron chi connectivity index (χ2n) is 7.14. The molecule has 0 spiro atoms. The Labute approximate surface area is 189 Å². The van der Waals surface area contributed by atoms with Gasteiger partial charge < -0.3 is 19.9 Å². The van der Waals surface area contributed by atoms with E-state index in [1.165, 1.54) is 18.6 Å². The van der Waals surface area contributed by atoms with Crippen LogP contribution in [0.5, 0.6) is 0 Å². The van der Waals surface area contributed by atoms with Crippen LogP contribution in [0.15, 0.2) is 4.99 Å². The summed E-state index contributed by atoms with van der Waals surface area (Å²) in [5, 5.41) is 16.0. The molecule has 2 aliphatic rings. The number of ether oxygens (including phenoxy) is 1. The lowest BCUT2D eigenvalue weighted by atomic mass is 10.2. The summed E-state index contributed by atoms with van der Waals surface area (Å²) in [5.41, 5.74) is 0. The highest BCUT2D eigenvalue weighted by molar-refractivity contribution is 14.0. The molecule has 0 amide bonds. The molecule has 2 saturated heterocycles. The van der Waals surface area contributed by atoms with Crippen LogP contribution in [0.1, 0.15) is 30.9 Å². The number of rotatable bonds is 8. The molecule has 1 unspecified atom stereocenters. The smallest absolute Gasteiger partial charge is 0.191 e. The quantitative estimate of drug-likeness (QED) is 0.231. The Morgan fingerprint density at radius 3 is 2.79 bits per heavy atom. The molecule has 1 atom stereocenters. The molecule has 3 rings (SSSR count). The number of aryl methyl sites for hydroxylation is 1. The van der Waals surface area contributed by atoms with E-state index in [-0.39, 0.29) is 24.0 Å². The van der Waals surface area contributed by atoms with Crippen molar-refractivity contribution in [3.05, 3.63) is 11.6 Å². The zero-order valence-corrected chi connectivity index (χ0v) is 20.2. The Hall–Kier alpha value is -0.590. The minimum atomic E-state index is 0. The highest BCUT2D eigenvalue weighted by atomic mass is 127. The molecule has 0 aromatic carbocycles. The van der Waals surface area contributed by atoms with Crippen molar-refractivity contribution < 1.29 is 4.74 Å². The monoisotopic (exact) mass is 523 g/mol. The third kappa shape index (κ3) is 7.68. The van der Waals surface area contributed by atoms with Gasteiger partial charge in [-0.1, -0.05) is 0 Å². The fourth-order valence-corrected chi connectivity index (χ4v) is 4.46. The molecule has 3 heterocycles. The number of aromatic nitrogens is 3. The fraction of sp³-hybridized carbons (Fsp3) is 0.833. The van der Waals surface area contributed by atoms with Gasteiger partial charge in [0.15, 0.2) is 11.8 Å². The summed E-state index contributed by atoms with van der Waals surface area (Å²) in [5.74, 6) is 3.96. The third-order valence-electron chi connectivity index (χ3n) is 5.13. The van der Waals surface area contributed by atoms with Crippen LogP contribution < -0.4 is 10.6 Å². The zero-order valence-electron chi connectivity index (χ0n) is 17.0. The molecule has 0 aliphatic carbocycles. The molecule has 2 fully saturated rings. The van der Waals surface area contributed by atoms with Crippen molar-refractivity contribution in [2.45, 2.75) is 38.0 Å². The number of nitrogens with one attached hydrogen (secondary N) is 2. The van der Waals surface area contributed by atoms with Crippen LogP contribution in [0.25, 0.3) is 0 Å². The lowest BCUT2D eigenvalue weighted by Crippen LogP contribution is -2.42. The van der Waals surface area contributed by atoms with Crippen LogP contribution in [0, 0.1) is 6.92 Å². The second kappa shape index (κ2) is 12.9. The second-order valence-corrected chi connectivity index (χ2v) is 8.55. The summed E-state index contributed by atoms with van der Waals surface area (Å²) in [6.45, 7) is 9.29. The number of guanidine groups is 1. The molecule has 28 heavy (non-hydrogen) atoms. The highest BCUT2D eigenvalue weighted by Gasteiger charge is 2.16. The van der Waals surface area contributed by atoms with E-state index in [9.17, 15) is 0 Å². The zero-order chi connectivity index (χ0) is 18.9. The van der Waals surface area contributed by atoms with Crippen LogP contribution in [0.3, 0.4) is 0 Å². The molecule has 0 radical (unpaired) electrons. The number of nitrogens with zero attached hydrogens (tertiary/aromatic N) is 5. The molecule has 160 valence electrons. The summed E-state index contributed by atoms with van der Waals surface area (Å²) in [6.07, 6.45) is 3.72. The van der Waals surface area contributed by atoms with E-state index in [4.69, 9.17) is 9.73 Å². The van der Waals surface area contributed by atoms with Crippen molar-refractivity contribution in [2.75, 3.05) is 51.7 Å². The van der Waals surface area contributed by atoms with Crippen molar-refractivity contribution in [1.29, 1.82) is 0 Å². The van der Waals surface area contributed by atoms with Gasteiger partial charge >= 0.3 is 0 Å². The Bertz CT molecular complexity index is 601. The van der Waals surface area contributed by atoms with E-state index in [1.807, 2.05) is 18.5 Å². The number of aliphatic imine (C=N–C) groups is 1. The van der Waals surface area contributed by atoms with E-state index < -0.39 is 0 Å². The number of morpholine rings is 1. The first-order valence-electron chi connectivity index (χ1n) is 10.0. The van der Waals surface area contributed by atoms with Crippen molar-refractivity contribution >= 4 is 41.7 Å². The van der Waals surface area contributed by atoms with Gasteiger partial charge in [0, 0.05) is 38.5 Å². The van der Waals surface area contributed by atoms with Gasteiger partial charge in [0.25, 0.3) is 0 Å². The van der Waals surface area contributed by atoms with Crippen LogP contribution in [-0.4, -0.2) is 82.6 Å². The van der Waals surface area contributed by atoms with Gasteiger partial charge in [-0.25, -0.2) is 4.99 Å². The molecule has 10 heteroatoms. The summed E-state index contributed by atoms with van der Waals surface area (Å²) < 4.78 is 7.40. The fourth-order valence-electron chi connectivity index (χ4n) is 3.26. The summed E-state index contributed by atoms with van der Waals surface area (Å²) >= 11 is 2.06. The molecule has 2 aliphatic heterocycles. The van der Waals surface area contributed by atoms with E-state index in [2.05, 4.69) is 37.5 Å². The first-order valence-corrected chi connectivity index (χ1v) is 11.1. The molecular weight excluding hydrogens is 489 g/mol. The van der Waals surface area contributed by atoms with E-state index >= 15 is 0 Å². The lowest BCUT2D eigenvalue weighted by Gasteiger charge is -2.26. The molecule has 8 nitrogen and oxygen atoms in total. The summed E-state index contributed by atoms with van der Waals surface area (Å²) in [7, 11) is 1.98. The van der Waals surface area contributed by atoms with E-state index in [0.29, 0.717) is 11.8 Å². The van der Waals surface area contributed by atoms with Gasteiger partial charge in [-0.05, 0) is 38.5 Å². The Morgan fingerprint density at radius 2 is 2.11 bits per heavy atom. The largest absolute Gasteiger partial charge is 0.379 e. The maximum absolute atomic E-state index is 5.41. The summed E-state index contributed by atoms with van der Waals surface area (Å²) in [6, 6.07) is 0. The lowest BCUT2D eigenvalue weighted by molar-refractivity contribution is 0.0376. The predicted octanol–water partition coefficient (Wildman–Crippen LogP) is 1.39. The number of hydrogen-bond donors (Lipinski definition) is 2. The van der Waals surface area contributed by atoms with Gasteiger partial charge in [0.1, 0.15) is 12.4 Å². The van der Waals surface area contributed by atoms with Crippen molar-refractivity contribution in [1.82, 2.24) is 30.3 Å². The molecular formula is C18H34IN7OS. The predicted molar refractivity (Wildman–Crippen MR) is 126 cm³/mol. The first kappa shape index (κ1) is 23.7. The van der Waals surface area contributed by atoms with Crippen LogP contribution in [0.2, 0.25) is 0 Å². The third-order valence-corrected chi connectivity index (χ3v) is 6.53. The van der Waals surface area contributed by atoms with Gasteiger partial charge in [0.2, 0.25) is 0 Å². The van der Waals surface area contributed by atoms with Crippen LogP contribution in [0.4, 0.5) is 0 Å². The first-order chi connectivity index (χ1) is 13.2.